The van der Waals surface area contributed by atoms with E-state index in [2.05, 4.69) is 32.6 Å². The second-order valence-electron chi connectivity index (χ2n) is 6.71. The van der Waals surface area contributed by atoms with Crippen molar-refractivity contribution >= 4 is 5.78 Å². The van der Waals surface area contributed by atoms with Gasteiger partial charge in [0.15, 0.2) is 5.78 Å². The van der Waals surface area contributed by atoms with Crippen LogP contribution >= 0.6 is 0 Å². The maximum absolute atomic E-state index is 12.7. The molecule has 1 aromatic rings. The van der Waals surface area contributed by atoms with E-state index in [1.54, 1.807) is 0 Å². The van der Waals surface area contributed by atoms with Crippen LogP contribution in [0.25, 0.3) is 0 Å². The first-order chi connectivity index (χ1) is 9.82. The van der Waals surface area contributed by atoms with Gasteiger partial charge in [-0.1, -0.05) is 31.2 Å². The van der Waals surface area contributed by atoms with Gasteiger partial charge in [0.25, 0.3) is 0 Å². The van der Waals surface area contributed by atoms with Crippen molar-refractivity contribution in [2.24, 2.45) is 0 Å². The Labute approximate surface area is 128 Å². The molecule has 2 unspecified atom stereocenters. The van der Waals surface area contributed by atoms with Gasteiger partial charge in [0.1, 0.15) is 0 Å². The Bertz CT molecular complexity index is 492. The van der Waals surface area contributed by atoms with Crippen LogP contribution in [0.4, 0.5) is 0 Å². The molecule has 1 aliphatic heterocycles. The molecule has 0 aliphatic carbocycles. The molecule has 3 heteroatoms. The minimum atomic E-state index is -0.196. The highest BCUT2D eigenvalue weighted by Crippen LogP contribution is 2.23. The average Bonchev–Trinajstić information content (AvgIpc) is 2.43. The first kappa shape index (κ1) is 16.2. The third kappa shape index (κ3) is 3.92. The zero-order valence-electron chi connectivity index (χ0n) is 13.8. The molecule has 1 aliphatic rings. The minimum absolute atomic E-state index is 0.108. The van der Waals surface area contributed by atoms with Crippen molar-refractivity contribution in [3.63, 3.8) is 0 Å². The Morgan fingerprint density at radius 2 is 2.00 bits per heavy atom. The summed E-state index contributed by atoms with van der Waals surface area (Å²) in [5.74, 6) is 0.197. The fourth-order valence-electron chi connectivity index (χ4n) is 3.11. The fraction of sp³-hybridized carbons (Fsp3) is 0.611. The highest BCUT2D eigenvalue weighted by Gasteiger charge is 2.35. The molecule has 2 atom stereocenters. The molecular weight excluding hydrogens is 262 g/mol. The van der Waals surface area contributed by atoms with Gasteiger partial charge >= 0.3 is 0 Å². The summed E-state index contributed by atoms with van der Waals surface area (Å²) in [7, 11) is 0. The van der Waals surface area contributed by atoms with Gasteiger partial charge < -0.3 is 4.74 Å². The topological polar surface area (TPSA) is 29.5 Å². The molecule has 21 heavy (non-hydrogen) atoms. The van der Waals surface area contributed by atoms with Gasteiger partial charge in [-0.05, 0) is 39.7 Å². The Kier molecular flexibility index (Phi) is 4.84. The monoisotopic (exact) mass is 289 g/mol. The molecule has 1 saturated heterocycles. The van der Waals surface area contributed by atoms with Gasteiger partial charge in [-0.25, -0.2) is 0 Å². The molecule has 0 bridgehead atoms. The lowest BCUT2D eigenvalue weighted by atomic mass is 9.98. The predicted octanol–water partition coefficient (Wildman–Crippen LogP) is 3.32. The Balaban J connectivity index is 2.10. The van der Waals surface area contributed by atoms with Crippen LogP contribution in [-0.4, -0.2) is 41.5 Å². The standard InChI is InChI=1S/C18H27NO2/c1-6-15-7-9-16(10-8-15)17(20)14(3)19-11-13(2)21-18(4,5)12-19/h7-10,13-14H,6,11-12H2,1-5H3. The normalized spacial score (nSPS) is 23.8. The third-order valence-corrected chi connectivity index (χ3v) is 4.17. The summed E-state index contributed by atoms with van der Waals surface area (Å²) in [6.07, 6.45) is 1.16. The van der Waals surface area contributed by atoms with E-state index in [1.807, 2.05) is 31.2 Å². The van der Waals surface area contributed by atoms with Crippen LogP contribution in [0, 0.1) is 0 Å². The summed E-state index contributed by atoms with van der Waals surface area (Å²) in [6.45, 7) is 12.0. The van der Waals surface area contributed by atoms with Crippen molar-refractivity contribution in [2.45, 2.75) is 58.8 Å². The molecule has 0 saturated carbocycles. The Morgan fingerprint density at radius 1 is 1.38 bits per heavy atom. The number of rotatable bonds is 4. The van der Waals surface area contributed by atoms with Crippen molar-refractivity contribution in [2.75, 3.05) is 13.1 Å². The molecule has 116 valence electrons. The van der Waals surface area contributed by atoms with Crippen LogP contribution in [-0.2, 0) is 11.2 Å². The number of Topliss-reactive ketones (excluding diaryl/α,β-unsaturated/α-hetero) is 1. The second kappa shape index (κ2) is 6.29. The maximum atomic E-state index is 12.7. The molecule has 0 aromatic heterocycles. The number of benzene rings is 1. The third-order valence-electron chi connectivity index (χ3n) is 4.17. The number of ether oxygens (including phenoxy) is 1. The van der Waals surface area contributed by atoms with E-state index in [0.717, 1.165) is 25.1 Å². The summed E-state index contributed by atoms with van der Waals surface area (Å²) in [4.78, 5) is 14.9. The summed E-state index contributed by atoms with van der Waals surface area (Å²) in [6, 6.07) is 7.89. The molecule has 0 N–H and O–H groups in total. The first-order valence-electron chi connectivity index (χ1n) is 7.87. The highest BCUT2D eigenvalue weighted by molar-refractivity contribution is 5.99. The van der Waals surface area contributed by atoms with Crippen molar-refractivity contribution in [1.82, 2.24) is 4.90 Å². The number of morpholine rings is 1. The van der Waals surface area contributed by atoms with E-state index in [1.165, 1.54) is 5.56 Å². The lowest BCUT2D eigenvalue weighted by molar-refractivity contribution is -0.133. The van der Waals surface area contributed by atoms with Crippen molar-refractivity contribution in [3.8, 4) is 0 Å². The SMILES string of the molecule is CCc1ccc(C(=O)C(C)N2CC(C)OC(C)(C)C2)cc1. The molecule has 1 fully saturated rings. The number of carbonyl (C=O) groups excluding carboxylic acids is 1. The van der Waals surface area contributed by atoms with Crippen LogP contribution in [0.3, 0.4) is 0 Å². The van der Waals surface area contributed by atoms with Gasteiger partial charge in [-0.15, -0.1) is 0 Å². The lowest BCUT2D eigenvalue weighted by Crippen LogP contribution is -2.56. The van der Waals surface area contributed by atoms with E-state index < -0.39 is 0 Å². The van der Waals surface area contributed by atoms with E-state index in [0.29, 0.717) is 0 Å². The average molecular weight is 289 g/mol. The first-order valence-corrected chi connectivity index (χ1v) is 7.87. The highest BCUT2D eigenvalue weighted by atomic mass is 16.5. The van der Waals surface area contributed by atoms with E-state index in [4.69, 9.17) is 4.74 Å². The van der Waals surface area contributed by atoms with Crippen LogP contribution in [0.1, 0.15) is 50.5 Å². The second-order valence-corrected chi connectivity index (χ2v) is 6.71. The zero-order valence-corrected chi connectivity index (χ0v) is 13.8. The van der Waals surface area contributed by atoms with Crippen molar-refractivity contribution < 1.29 is 9.53 Å². The summed E-state index contributed by atoms with van der Waals surface area (Å²) >= 11 is 0. The van der Waals surface area contributed by atoms with Gasteiger partial charge in [-0.3, -0.25) is 9.69 Å². The van der Waals surface area contributed by atoms with Crippen LogP contribution in [0.2, 0.25) is 0 Å². The van der Waals surface area contributed by atoms with Gasteiger partial charge in [0, 0.05) is 18.7 Å². The molecule has 1 aromatic carbocycles. The van der Waals surface area contributed by atoms with Crippen molar-refractivity contribution in [3.05, 3.63) is 35.4 Å². The molecule has 0 spiro atoms. The van der Waals surface area contributed by atoms with Crippen LogP contribution in [0.5, 0.6) is 0 Å². The van der Waals surface area contributed by atoms with Gasteiger partial charge in [-0.2, -0.15) is 0 Å². The van der Waals surface area contributed by atoms with Crippen LogP contribution in [0.15, 0.2) is 24.3 Å². The van der Waals surface area contributed by atoms with E-state index in [9.17, 15) is 4.79 Å². The summed E-state index contributed by atoms with van der Waals surface area (Å²) < 4.78 is 5.92. The van der Waals surface area contributed by atoms with E-state index >= 15 is 0 Å². The Morgan fingerprint density at radius 3 is 2.52 bits per heavy atom. The minimum Gasteiger partial charge on any atom is -0.370 e. The van der Waals surface area contributed by atoms with E-state index in [-0.39, 0.29) is 23.5 Å². The molecule has 1 heterocycles. The number of hydrogen-bond acceptors (Lipinski definition) is 3. The summed E-state index contributed by atoms with van der Waals surface area (Å²) in [5, 5.41) is 0. The number of hydrogen-bond donors (Lipinski definition) is 0. The zero-order chi connectivity index (χ0) is 15.6. The number of ketones is 1. The molecule has 3 nitrogen and oxygen atoms in total. The quantitative estimate of drug-likeness (QED) is 0.796. The summed E-state index contributed by atoms with van der Waals surface area (Å²) in [5.41, 5.74) is 1.87. The molecule has 0 amide bonds. The maximum Gasteiger partial charge on any atom is 0.179 e. The predicted molar refractivity (Wildman–Crippen MR) is 85.8 cm³/mol. The number of nitrogens with zero attached hydrogens (tertiary/aromatic N) is 1. The molecule has 2 rings (SSSR count). The van der Waals surface area contributed by atoms with Crippen molar-refractivity contribution in [1.29, 1.82) is 0 Å². The number of aryl methyl sites for hydroxylation is 1. The van der Waals surface area contributed by atoms with Gasteiger partial charge in [0.05, 0.1) is 17.7 Å². The Hall–Kier alpha value is -1.19. The molecular formula is C18H27NO2. The smallest absolute Gasteiger partial charge is 0.179 e. The van der Waals surface area contributed by atoms with Gasteiger partial charge in [0.2, 0.25) is 0 Å². The van der Waals surface area contributed by atoms with Crippen LogP contribution < -0.4 is 0 Å². The lowest BCUT2D eigenvalue weighted by Gasteiger charge is -2.43. The number of carbonyl (C=O) groups is 1. The fourth-order valence-corrected chi connectivity index (χ4v) is 3.11. The largest absolute Gasteiger partial charge is 0.370 e. The molecule has 0 radical (unpaired) electrons.